The van der Waals surface area contributed by atoms with E-state index in [-0.39, 0.29) is 55.4 Å². The molecule has 2 aliphatic rings. The van der Waals surface area contributed by atoms with Crippen molar-refractivity contribution in [3.63, 3.8) is 0 Å². The van der Waals surface area contributed by atoms with Crippen molar-refractivity contribution in [1.82, 2.24) is 15.2 Å². The third-order valence-corrected chi connectivity index (χ3v) is 7.98. The number of anilines is 1. The molecule has 0 radical (unpaired) electrons. The summed E-state index contributed by atoms with van der Waals surface area (Å²) in [7, 11) is 1.77. The van der Waals surface area contributed by atoms with Crippen molar-refractivity contribution < 1.29 is 23.9 Å². The van der Waals surface area contributed by atoms with Crippen LogP contribution in [0.25, 0.3) is 0 Å². The SMILES string of the molecule is CN1C(=O)c2cc(NC(=O)Cc3cccs3)ccc2OC[C@@H]2O[C@@H](CC(=O)NCCc3ccncc3)CC[C@H]21. The average molecular weight is 549 g/mol. The topological polar surface area (TPSA) is 110 Å². The predicted molar refractivity (Wildman–Crippen MR) is 148 cm³/mol. The number of nitrogens with one attached hydrogen (secondary N) is 2. The van der Waals surface area contributed by atoms with Crippen LogP contribution in [0.1, 0.15) is 40.1 Å². The van der Waals surface area contributed by atoms with Gasteiger partial charge in [0.2, 0.25) is 11.8 Å². The molecule has 1 saturated heterocycles. The van der Waals surface area contributed by atoms with Crippen molar-refractivity contribution in [2.24, 2.45) is 0 Å². The number of pyridine rings is 1. The molecule has 1 aromatic carbocycles. The molecule has 5 rings (SSSR count). The fourth-order valence-corrected chi connectivity index (χ4v) is 5.76. The van der Waals surface area contributed by atoms with Gasteiger partial charge >= 0.3 is 0 Å². The number of fused-ring (bicyclic) bond motifs is 2. The van der Waals surface area contributed by atoms with Crippen LogP contribution in [0.2, 0.25) is 0 Å². The standard InChI is InChI=1S/C29H32N4O5S/c1-33-24-6-5-21(16-27(34)31-13-10-19-8-11-30-12-9-19)38-26(24)18-37-25-7-4-20(15-23(25)29(33)36)32-28(35)17-22-3-2-14-39-22/h2-4,7-9,11-12,14-15,21,24,26H,5-6,10,13,16-18H2,1H3,(H,31,34)(H,32,35)/t21-,24-,26+/m1/s1. The van der Waals surface area contributed by atoms with E-state index in [1.807, 2.05) is 29.6 Å². The molecule has 2 aliphatic heterocycles. The summed E-state index contributed by atoms with van der Waals surface area (Å²) in [5.74, 6) is 0.0620. The van der Waals surface area contributed by atoms with E-state index in [0.717, 1.165) is 16.9 Å². The number of amides is 3. The van der Waals surface area contributed by atoms with Crippen LogP contribution in [0.3, 0.4) is 0 Å². The lowest BCUT2D eigenvalue weighted by Crippen LogP contribution is -2.54. The van der Waals surface area contributed by atoms with Crippen LogP contribution >= 0.6 is 11.3 Å². The van der Waals surface area contributed by atoms with Crippen LogP contribution in [0.15, 0.2) is 60.2 Å². The Balaban J connectivity index is 1.17. The molecule has 3 aromatic rings. The largest absolute Gasteiger partial charge is 0.490 e. The van der Waals surface area contributed by atoms with Crippen molar-refractivity contribution in [3.8, 4) is 5.75 Å². The molecule has 2 aromatic heterocycles. The highest BCUT2D eigenvalue weighted by Gasteiger charge is 2.39. The van der Waals surface area contributed by atoms with Crippen molar-refractivity contribution in [2.75, 3.05) is 25.5 Å². The Kier molecular flexibility index (Phi) is 8.53. The highest BCUT2D eigenvalue weighted by atomic mass is 32.1. The van der Waals surface area contributed by atoms with E-state index in [2.05, 4.69) is 15.6 Å². The first-order chi connectivity index (χ1) is 19.0. The van der Waals surface area contributed by atoms with Gasteiger partial charge in [-0.15, -0.1) is 11.3 Å². The third kappa shape index (κ3) is 6.82. The van der Waals surface area contributed by atoms with Gasteiger partial charge in [0.15, 0.2) is 0 Å². The summed E-state index contributed by atoms with van der Waals surface area (Å²) in [6.45, 7) is 0.814. The van der Waals surface area contributed by atoms with E-state index in [0.29, 0.717) is 36.4 Å². The molecule has 0 aliphatic carbocycles. The lowest BCUT2D eigenvalue weighted by Gasteiger charge is -2.42. The van der Waals surface area contributed by atoms with Gasteiger partial charge in [-0.25, -0.2) is 0 Å². The summed E-state index contributed by atoms with van der Waals surface area (Å²) >= 11 is 1.53. The zero-order valence-corrected chi connectivity index (χ0v) is 22.6. The highest BCUT2D eigenvalue weighted by molar-refractivity contribution is 7.10. The van der Waals surface area contributed by atoms with Crippen LogP contribution in [-0.2, 0) is 27.2 Å². The molecule has 0 bridgehead atoms. The van der Waals surface area contributed by atoms with Gasteiger partial charge in [-0.2, -0.15) is 0 Å². The Morgan fingerprint density at radius 3 is 2.77 bits per heavy atom. The van der Waals surface area contributed by atoms with Gasteiger partial charge in [0.25, 0.3) is 5.91 Å². The molecule has 0 saturated carbocycles. The van der Waals surface area contributed by atoms with Crippen molar-refractivity contribution in [2.45, 2.75) is 50.4 Å². The van der Waals surface area contributed by atoms with E-state index < -0.39 is 0 Å². The monoisotopic (exact) mass is 548 g/mol. The minimum atomic E-state index is -0.347. The summed E-state index contributed by atoms with van der Waals surface area (Å²) in [6.07, 6.45) is 5.56. The number of hydrogen-bond donors (Lipinski definition) is 2. The second-order valence-corrected chi connectivity index (χ2v) is 10.9. The van der Waals surface area contributed by atoms with E-state index >= 15 is 0 Å². The normalized spacial score (nSPS) is 20.6. The molecule has 4 heterocycles. The minimum Gasteiger partial charge on any atom is -0.490 e. The number of ether oxygens (including phenoxy) is 2. The Morgan fingerprint density at radius 1 is 1.13 bits per heavy atom. The Morgan fingerprint density at radius 2 is 1.97 bits per heavy atom. The molecule has 10 heteroatoms. The number of likely N-dealkylation sites (N-methyl/N-ethyl adjacent to an activating group) is 1. The number of benzene rings is 1. The van der Waals surface area contributed by atoms with E-state index in [1.165, 1.54) is 11.3 Å². The molecular formula is C29H32N4O5S. The van der Waals surface area contributed by atoms with Crippen molar-refractivity contribution in [3.05, 3.63) is 76.2 Å². The molecule has 204 valence electrons. The maximum Gasteiger partial charge on any atom is 0.257 e. The molecule has 9 nitrogen and oxygen atoms in total. The molecule has 0 unspecified atom stereocenters. The van der Waals surface area contributed by atoms with Crippen LogP contribution in [0.4, 0.5) is 5.69 Å². The van der Waals surface area contributed by atoms with E-state index in [4.69, 9.17) is 9.47 Å². The average Bonchev–Trinajstić information content (AvgIpc) is 3.44. The Labute approximate surface area is 231 Å². The fourth-order valence-electron chi connectivity index (χ4n) is 5.06. The maximum absolute atomic E-state index is 13.4. The number of nitrogens with zero attached hydrogens (tertiary/aromatic N) is 2. The van der Waals surface area contributed by atoms with Crippen molar-refractivity contribution in [1.29, 1.82) is 0 Å². The first-order valence-corrected chi connectivity index (χ1v) is 14.0. The summed E-state index contributed by atoms with van der Waals surface area (Å²) in [4.78, 5) is 45.1. The van der Waals surface area contributed by atoms with E-state index in [1.54, 1.807) is 42.5 Å². The summed E-state index contributed by atoms with van der Waals surface area (Å²) in [6, 6.07) is 12.6. The number of carbonyl (C=O) groups excluding carboxylic acids is 3. The van der Waals surface area contributed by atoms with Crippen LogP contribution in [0, 0.1) is 0 Å². The third-order valence-electron chi connectivity index (χ3n) is 7.11. The van der Waals surface area contributed by atoms with Crippen molar-refractivity contribution >= 4 is 34.7 Å². The van der Waals surface area contributed by atoms with Crippen LogP contribution in [-0.4, -0.2) is 66.1 Å². The molecule has 0 spiro atoms. The van der Waals surface area contributed by atoms with E-state index in [9.17, 15) is 14.4 Å². The van der Waals surface area contributed by atoms with Gasteiger partial charge < -0.3 is 25.0 Å². The second kappa shape index (κ2) is 12.4. The molecule has 3 atom stereocenters. The highest BCUT2D eigenvalue weighted by Crippen LogP contribution is 2.32. The first kappa shape index (κ1) is 26.8. The molecular weight excluding hydrogens is 516 g/mol. The summed E-state index contributed by atoms with van der Waals surface area (Å²) in [5, 5.41) is 7.78. The predicted octanol–water partition coefficient (Wildman–Crippen LogP) is 3.45. The number of rotatable bonds is 8. The minimum absolute atomic E-state index is 0.0531. The van der Waals surface area contributed by atoms with Crippen LogP contribution < -0.4 is 15.4 Å². The lowest BCUT2D eigenvalue weighted by molar-refractivity contribution is -0.134. The smallest absolute Gasteiger partial charge is 0.257 e. The zero-order valence-electron chi connectivity index (χ0n) is 21.8. The van der Waals surface area contributed by atoms with Gasteiger partial charge in [0, 0.05) is 36.6 Å². The van der Waals surface area contributed by atoms with Gasteiger partial charge in [0.05, 0.1) is 30.6 Å². The quantitative estimate of drug-likeness (QED) is 0.446. The fraction of sp³-hybridized carbons (Fsp3) is 0.379. The Bertz CT molecular complexity index is 1300. The maximum atomic E-state index is 13.4. The molecule has 2 N–H and O–H groups in total. The van der Waals surface area contributed by atoms with Gasteiger partial charge in [-0.05, 0) is 66.6 Å². The summed E-state index contributed by atoms with van der Waals surface area (Å²) in [5.41, 5.74) is 2.07. The number of thiophene rings is 1. The number of hydrogen-bond acceptors (Lipinski definition) is 7. The molecule has 39 heavy (non-hydrogen) atoms. The first-order valence-electron chi connectivity index (χ1n) is 13.1. The van der Waals surface area contributed by atoms with Gasteiger partial charge in [0.1, 0.15) is 18.5 Å². The zero-order chi connectivity index (χ0) is 27.2. The lowest BCUT2D eigenvalue weighted by atomic mass is 9.94. The number of carbonyl (C=O) groups is 3. The van der Waals surface area contributed by atoms with Gasteiger partial charge in [-0.1, -0.05) is 6.07 Å². The van der Waals surface area contributed by atoms with Crippen LogP contribution in [0.5, 0.6) is 5.75 Å². The van der Waals surface area contributed by atoms with Gasteiger partial charge in [-0.3, -0.25) is 19.4 Å². The summed E-state index contributed by atoms with van der Waals surface area (Å²) < 4.78 is 12.3. The Hall–Kier alpha value is -3.76. The molecule has 3 amide bonds. The molecule has 1 fully saturated rings. The number of aromatic nitrogens is 1. The second-order valence-electron chi connectivity index (χ2n) is 9.84.